The molecule has 0 aliphatic carbocycles. The van der Waals surface area contributed by atoms with Gasteiger partial charge in [0.05, 0.1) is 6.61 Å². The van der Waals surface area contributed by atoms with Crippen LogP contribution in [0.4, 0.5) is 0 Å². The molecule has 2 heterocycles. The number of hydrogen-bond acceptors (Lipinski definition) is 5. The normalized spacial score (nSPS) is 18.8. The smallest absolute Gasteiger partial charge is 0.119 e. The van der Waals surface area contributed by atoms with Crippen LogP contribution in [0.2, 0.25) is 0 Å². The molecule has 2 fully saturated rings. The molecule has 5 nitrogen and oxygen atoms in total. The Morgan fingerprint density at radius 2 is 1.81 bits per heavy atom. The third-order valence-corrected chi connectivity index (χ3v) is 6.94. The predicted octanol–water partition coefficient (Wildman–Crippen LogP) is 4.44. The van der Waals surface area contributed by atoms with Crippen LogP contribution in [0, 0.1) is 0 Å². The van der Waals surface area contributed by atoms with Gasteiger partial charge in [-0.3, -0.25) is 0 Å². The molecule has 2 saturated heterocycles. The fourth-order valence-electron chi connectivity index (χ4n) is 5.23. The van der Waals surface area contributed by atoms with Crippen LogP contribution in [0.5, 0.6) is 11.5 Å². The lowest BCUT2D eigenvalue weighted by Gasteiger charge is -2.40. The number of ether oxygens (including phenoxy) is 2. The molecule has 32 heavy (non-hydrogen) atoms. The molecule has 0 saturated carbocycles. The Morgan fingerprint density at radius 1 is 1.06 bits per heavy atom. The minimum absolute atomic E-state index is 0.0815. The molecule has 174 valence electrons. The Bertz CT molecular complexity index is 827. The summed E-state index contributed by atoms with van der Waals surface area (Å²) in [6.45, 7) is 7.80. The van der Waals surface area contributed by atoms with Crippen LogP contribution in [0.25, 0.3) is 0 Å². The Balaban J connectivity index is 1.35. The summed E-state index contributed by atoms with van der Waals surface area (Å²) in [5.74, 6) is 1.29. The minimum Gasteiger partial charge on any atom is -0.508 e. The van der Waals surface area contributed by atoms with Crippen molar-refractivity contribution in [1.29, 1.82) is 0 Å². The van der Waals surface area contributed by atoms with Gasteiger partial charge in [-0.05, 0) is 87.6 Å². The first-order valence-corrected chi connectivity index (χ1v) is 12.1. The number of phenols is 1. The van der Waals surface area contributed by atoms with Gasteiger partial charge in [-0.15, -0.1) is 0 Å². The zero-order chi connectivity index (χ0) is 22.2. The van der Waals surface area contributed by atoms with Gasteiger partial charge in [-0.25, -0.2) is 0 Å². The topological polar surface area (TPSA) is 45.2 Å². The number of likely N-dealkylation sites (tertiary alicyclic amines) is 1. The van der Waals surface area contributed by atoms with E-state index in [0.717, 1.165) is 70.0 Å². The Morgan fingerprint density at radius 3 is 2.53 bits per heavy atom. The van der Waals surface area contributed by atoms with E-state index in [1.807, 2.05) is 12.1 Å². The van der Waals surface area contributed by atoms with Gasteiger partial charge in [0, 0.05) is 38.3 Å². The average molecular weight is 439 g/mol. The van der Waals surface area contributed by atoms with E-state index in [-0.39, 0.29) is 5.41 Å². The standard InChI is InChI=1S/C27H38N2O3/c1-28(21-23-6-4-7-25(30)20-23)22-27(12-18-31-19-13-27)24-8-10-26(11-9-24)32-17-5-16-29-14-2-3-15-29/h4,6-11,20,30H,2-3,5,12-19,21-22H2,1H3. The highest BCUT2D eigenvalue weighted by atomic mass is 16.5. The van der Waals surface area contributed by atoms with Gasteiger partial charge in [-0.2, -0.15) is 0 Å². The van der Waals surface area contributed by atoms with E-state index in [1.54, 1.807) is 6.07 Å². The van der Waals surface area contributed by atoms with Gasteiger partial charge in [0.25, 0.3) is 0 Å². The van der Waals surface area contributed by atoms with E-state index in [2.05, 4.69) is 47.2 Å². The van der Waals surface area contributed by atoms with Crippen molar-refractivity contribution in [3.05, 3.63) is 59.7 Å². The molecule has 0 atom stereocenters. The molecule has 2 aliphatic rings. The van der Waals surface area contributed by atoms with Crippen LogP contribution >= 0.6 is 0 Å². The summed E-state index contributed by atoms with van der Waals surface area (Å²) in [7, 11) is 2.17. The number of rotatable bonds is 10. The first-order valence-electron chi connectivity index (χ1n) is 12.1. The summed E-state index contributed by atoms with van der Waals surface area (Å²) >= 11 is 0. The fraction of sp³-hybridized carbons (Fsp3) is 0.556. The molecule has 2 aromatic carbocycles. The molecule has 0 bridgehead atoms. The first-order chi connectivity index (χ1) is 15.6. The van der Waals surface area contributed by atoms with E-state index < -0.39 is 0 Å². The Kier molecular flexibility index (Phi) is 8.06. The molecular weight excluding hydrogens is 400 g/mol. The summed E-state index contributed by atoms with van der Waals surface area (Å²) in [4.78, 5) is 4.90. The van der Waals surface area contributed by atoms with Crippen LogP contribution < -0.4 is 4.74 Å². The fourth-order valence-corrected chi connectivity index (χ4v) is 5.23. The van der Waals surface area contributed by atoms with Crippen molar-refractivity contribution < 1.29 is 14.6 Å². The predicted molar refractivity (Wildman–Crippen MR) is 128 cm³/mol. The second-order valence-corrected chi connectivity index (χ2v) is 9.51. The monoisotopic (exact) mass is 438 g/mol. The molecule has 0 spiro atoms. The van der Waals surface area contributed by atoms with Crippen LogP contribution in [0.3, 0.4) is 0 Å². The summed E-state index contributed by atoms with van der Waals surface area (Å²) in [6, 6.07) is 16.3. The molecule has 2 aliphatic heterocycles. The lowest BCUT2D eigenvalue weighted by atomic mass is 9.73. The molecule has 2 aromatic rings. The average Bonchev–Trinajstić information content (AvgIpc) is 3.31. The van der Waals surface area contributed by atoms with Gasteiger partial charge >= 0.3 is 0 Å². The lowest BCUT2D eigenvalue weighted by Crippen LogP contribution is -2.43. The van der Waals surface area contributed by atoms with E-state index in [0.29, 0.717) is 5.75 Å². The third-order valence-electron chi connectivity index (χ3n) is 6.94. The molecule has 0 aromatic heterocycles. The van der Waals surface area contributed by atoms with Crippen molar-refractivity contribution in [1.82, 2.24) is 9.80 Å². The van der Waals surface area contributed by atoms with Gasteiger partial charge in [-0.1, -0.05) is 24.3 Å². The Labute approximate surface area is 192 Å². The van der Waals surface area contributed by atoms with E-state index in [1.165, 1.54) is 31.5 Å². The summed E-state index contributed by atoms with van der Waals surface area (Å²) in [5, 5.41) is 9.79. The summed E-state index contributed by atoms with van der Waals surface area (Å²) in [6.07, 6.45) is 5.82. The van der Waals surface area contributed by atoms with Gasteiger partial charge in [0.15, 0.2) is 0 Å². The molecule has 0 amide bonds. The second-order valence-electron chi connectivity index (χ2n) is 9.51. The number of nitrogens with zero attached hydrogens (tertiary/aromatic N) is 2. The highest BCUT2D eigenvalue weighted by Crippen LogP contribution is 2.36. The molecule has 0 unspecified atom stereocenters. The maximum absolute atomic E-state index is 9.79. The van der Waals surface area contributed by atoms with Crippen LogP contribution in [0.15, 0.2) is 48.5 Å². The number of hydrogen-bond donors (Lipinski definition) is 1. The minimum atomic E-state index is 0.0815. The maximum atomic E-state index is 9.79. The van der Waals surface area contributed by atoms with Crippen molar-refractivity contribution in [2.24, 2.45) is 0 Å². The van der Waals surface area contributed by atoms with Crippen molar-refractivity contribution in [3.8, 4) is 11.5 Å². The third kappa shape index (κ3) is 6.25. The summed E-state index contributed by atoms with van der Waals surface area (Å²) in [5.41, 5.74) is 2.58. The van der Waals surface area contributed by atoms with E-state index >= 15 is 0 Å². The zero-order valence-corrected chi connectivity index (χ0v) is 19.5. The van der Waals surface area contributed by atoms with Crippen molar-refractivity contribution in [3.63, 3.8) is 0 Å². The number of aromatic hydroxyl groups is 1. The molecule has 4 rings (SSSR count). The number of phenolic OH excluding ortho intramolecular Hbond substituents is 1. The Hall–Kier alpha value is -2.08. The van der Waals surface area contributed by atoms with Crippen LogP contribution in [-0.4, -0.2) is 68.0 Å². The second kappa shape index (κ2) is 11.2. The lowest BCUT2D eigenvalue weighted by molar-refractivity contribution is 0.0364. The van der Waals surface area contributed by atoms with Crippen LogP contribution in [-0.2, 0) is 16.7 Å². The molecule has 5 heteroatoms. The van der Waals surface area contributed by atoms with Crippen molar-refractivity contribution in [2.45, 2.75) is 44.1 Å². The van der Waals surface area contributed by atoms with Crippen LogP contribution in [0.1, 0.15) is 43.2 Å². The summed E-state index contributed by atoms with van der Waals surface area (Å²) < 4.78 is 11.7. The van der Waals surface area contributed by atoms with E-state index in [4.69, 9.17) is 9.47 Å². The van der Waals surface area contributed by atoms with Gasteiger partial charge < -0.3 is 24.4 Å². The first kappa shape index (κ1) is 23.1. The highest BCUT2D eigenvalue weighted by Gasteiger charge is 2.35. The maximum Gasteiger partial charge on any atom is 0.119 e. The quantitative estimate of drug-likeness (QED) is 0.556. The van der Waals surface area contributed by atoms with Gasteiger partial charge in [0.2, 0.25) is 0 Å². The molecular formula is C27H38N2O3. The highest BCUT2D eigenvalue weighted by molar-refractivity contribution is 5.33. The molecule has 1 N–H and O–H groups in total. The largest absolute Gasteiger partial charge is 0.508 e. The SMILES string of the molecule is CN(Cc1cccc(O)c1)CC1(c2ccc(OCCCN3CCCC3)cc2)CCOCC1. The van der Waals surface area contributed by atoms with E-state index in [9.17, 15) is 5.11 Å². The molecule has 0 radical (unpaired) electrons. The zero-order valence-electron chi connectivity index (χ0n) is 19.5. The number of likely N-dealkylation sites (N-methyl/N-ethyl adjacent to an activating group) is 1. The van der Waals surface area contributed by atoms with Crippen molar-refractivity contribution >= 4 is 0 Å². The van der Waals surface area contributed by atoms with Gasteiger partial charge in [0.1, 0.15) is 11.5 Å². The van der Waals surface area contributed by atoms with Crippen molar-refractivity contribution in [2.75, 3.05) is 53.0 Å². The number of benzene rings is 2.